The van der Waals surface area contributed by atoms with E-state index in [1.54, 1.807) is 11.3 Å². The second kappa shape index (κ2) is 5.51. The van der Waals surface area contributed by atoms with Crippen LogP contribution in [0.1, 0.15) is 41.8 Å². The van der Waals surface area contributed by atoms with E-state index in [0.717, 1.165) is 13.1 Å². The van der Waals surface area contributed by atoms with Crippen molar-refractivity contribution in [1.29, 1.82) is 0 Å². The van der Waals surface area contributed by atoms with Crippen LogP contribution in [0.5, 0.6) is 0 Å². The second-order valence-corrected chi connectivity index (χ2v) is 7.42. The van der Waals surface area contributed by atoms with Gasteiger partial charge in [0.25, 0.3) is 0 Å². The fourth-order valence-corrected chi connectivity index (χ4v) is 3.42. The standard InChI is InChI=1S/C14H20N2S2/c1-10-8-17-9-11(10)5-15-6-12-7-16-13(18-12)14(2,3)4/h7-9,15H,5-6H2,1-4H3. The maximum absolute atomic E-state index is 4.50. The Balaban J connectivity index is 1.88. The molecule has 0 spiro atoms. The van der Waals surface area contributed by atoms with Gasteiger partial charge in [-0.05, 0) is 28.8 Å². The summed E-state index contributed by atoms with van der Waals surface area (Å²) in [7, 11) is 0. The van der Waals surface area contributed by atoms with Gasteiger partial charge in [0.05, 0.1) is 5.01 Å². The lowest BCUT2D eigenvalue weighted by Crippen LogP contribution is -2.12. The van der Waals surface area contributed by atoms with Crippen LogP contribution in [-0.4, -0.2) is 4.98 Å². The third-order valence-corrected chi connectivity index (χ3v) is 5.10. The number of rotatable bonds is 4. The average molecular weight is 280 g/mol. The molecule has 0 bridgehead atoms. The SMILES string of the molecule is Cc1cscc1CNCc1cnc(C(C)(C)C)s1. The van der Waals surface area contributed by atoms with Gasteiger partial charge in [-0.2, -0.15) is 11.3 Å². The molecule has 2 aromatic heterocycles. The van der Waals surface area contributed by atoms with Crippen molar-refractivity contribution in [2.75, 3.05) is 0 Å². The molecule has 0 aliphatic heterocycles. The third kappa shape index (κ3) is 3.40. The average Bonchev–Trinajstić information content (AvgIpc) is 2.88. The molecule has 18 heavy (non-hydrogen) atoms. The smallest absolute Gasteiger partial charge is 0.0981 e. The number of nitrogens with zero attached hydrogens (tertiary/aromatic N) is 1. The van der Waals surface area contributed by atoms with Crippen LogP contribution in [0.3, 0.4) is 0 Å². The molecule has 0 unspecified atom stereocenters. The van der Waals surface area contributed by atoms with Gasteiger partial charge in [-0.3, -0.25) is 0 Å². The van der Waals surface area contributed by atoms with E-state index in [1.165, 1.54) is 21.0 Å². The molecule has 0 aliphatic carbocycles. The van der Waals surface area contributed by atoms with Crippen molar-refractivity contribution in [2.45, 2.75) is 46.2 Å². The Morgan fingerprint density at radius 1 is 1.22 bits per heavy atom. The molecule has 0 amide bonds. The number of hydrogen-bond acceptors (Lipinski definition) is 4. The lowest BCUT2D eigenvalue weighted by atomic mass is 9.98. The summed E-state index contributed by atoms with van der Waals surface area (Å²) in [4.78, 5) is 5.81. The Labute approximate surface area is 117 Å². The molecular formula is C14H20N2S2. The van der Waals surface area contributed by atoms with Gasteiger partial charge in [0, 0.05) is 29.6 Å². The zero-order chi connectivity index (χ0) is 13.2. The molecular weight excluding hydrogens is 260 g/mol. The van der Waals surface area contributed by atoms with Gasteiger partial charge in [0.2, 0.25) is 0 Å². The molecule has 2 aromatic rings. The first-order valence-corrected chi connectivity index (χ1v) is 7.90. The van der Waals surface area contributed by atoms with Crippen molar-refractivity contribution >= 4 is 22.7 Å². The first-order valence-electron chi connectivity index (χ1n) is 6.14. The normalized spacial score (nSPS) is 12.0. The van der Waals surface area contributed by atoms with E-state index in [0.29, 0.717) is 0 Å². The summed E-state index contributed by atoms with van der Waals surface area (Å²) in [6.45, 7) is 10.6. The maximum atomic E-state index is 4.50. The molecule has 0 aliphatic rings. The summed E-state index contributed by atoms with van der Waals surface area (Å²) < 4.78 is 0. The number of thiazole rings is 1. The van der Waals surface area contributed by atoms with E-state index < -0.39 is 0 Å². The summed E-state index contributed by atoms with van der Waals surface area (Å²) in [5.74, 6) is 0. The second-order valence-electron chi connectivity index (χ2n) is 5.57. The molecule has 2 rings (SSSR count). The van der Waals surface area contributed by atoms with Crippen molar-refractivity contribution in [3.05, 3.63) is 38.0 Å². The van der Waals surface area contributed by atoms with Crippen molar-refractivity contribution in [3.63, 3.8) is 0 Å². The van der Waals surface area contributed by atoms with Crippen LogP contribution in [0, 0.1) is 6.92 Å². The minimum absolute atomic E-state index is 0.160. The van der Waals surface area contributed by atoms with Gasteiger partial charge in [-0.25, -0.2) is 4.98 Å². The first kappa shape index (κ1) is 13.7. The van der Waals surface area contributed by atoms with E-state index in [9.17, 15) is 0 Å². The third-order valence-electron chi connectivity index (χ3n) is 2.77. The molecule has 0 atom stereocenters. The van der Waals surface area contributed by atoms with Crippen molar-refractivity contribution in [3.8, 4) is 0 Å². The Bertz CT molecular complexity index is 506. The van der Waals surface area contributed by atoms with Crippen LogP contribution in [-0.2, 0) is 18.5 Å². The molecule has 0 fully saturated rings. The Kier molecular flexibility index (Phi) is 4.20. The van der Waals surface area contributed by atoms with Crippen LogP contribution in [0.2, 0.25) is 0 Å². The molecule has 0 radical (unpaired) electrons. The summed E-state index contributed by atoms with van der Waals surface area (Å²) in [6, 6.07) is 0. The van der Waals surface area contributed by atoms with Crippen LogP contribution in [0.15, 0.2) is 17.0 Å². The van der Waals surface area contributed by atoms with E-state index in [2.05, 4.69) is 48.8 Å². The molecule has 1 N–H and O–H groups in total. The minimum atomic E-state index is 0.160. The predicted octanol–water partition coefficient (Wildman–Crippen LogP) is 4.10. The highest BCUT2D eigenvalue weighted by Gasteiger charge is 2.17. The van der Waals surface area contributed by atoms with Crippen LogP contribution in [0.4, 0.5) is 0 Å². The quantitative estimate of drug-likeness (QED) is 0.912. The number of thiophene rings is 1. The zero-order valence-corrected chi connectivity index (χ0v) is 13.0. The van der Waals surface area contributed by atoms with Gasteiger partial charge < -0.3 is 5.32 Å². The molecule has 4 heteroatoms. The Morgan fingerprint density at radius 3 is 2.56 bits per heavy atom. The van der Waals surface area contributed by atoms with E-state index in [4.69, 9.17) is 0 Å². The number of nitrogens with one attached hydrogen (secondary N) is 1. The molecule has 0 aromatic carbocycles. The monoisotopic (exact) mass is 280 g/mol. The Morgan fingerprint density at radius 2 is 2.00 bits per heavy atom. The summed E-state index contributed by atoms with van der Waals surface area (Å²) in [6.07, 6.45) is 2.00. The highest BCUT2D eigenvalue weighted by molar-refractivity contribution is 7.11. The number of aryl methyl sites for hydroxylation is 1. The first-order chi connectivity index (χ1) is 8.47. The lowest BCUT2D eigenvalue weighted by molar-refractivity contribution is 0.585. The fourth-order valence-electron chi connectivity index (χ4n) is 1.62. The minimum Gasteiger partial charge on any atom is -0.308 e. The molecule has 2 heterocycles. The van der Waals surface area contributed by atoms with Crippen molar-refractivity contribution < 1.29 is 0 Å². The van der Waals surface area contributed by atoms with Crippen molar-refractivity contribution in [1.82, 2.24) is 10.3 Å². The van der Waals surface area contributed by atoms with Gasteiger partial charge in [0.15, 0.2) is 0 Å². The van der Waals surface area contributed by atoms with Gasteiger partial charge >= 0.3 is 0 Å². The topological polar surface area (TPSA) is 24.9 Å². The number of aromatic nitrogens is 1. The number of hydrogen-bond donors (Lipinski definition) is 1. The maximum Gasteiger partial charge on any atom is 0.0981 e. The fraction of sp³-hybridized carbons (Fsp3) is 0.500. The zero-order valence-electron chi connectivity index (χ0n) is 11.4. The van der Waals surface area contributed by atoms with E-state index in [-0.39, 0.29) is 5.41 Å². The predicted molar refractivity (Wildman–Crippen MR) is 80.4 cm³/mol. The van der Waals surface area contributed by atoms with Crippen LogP contribution in [0.25, 0.3) is 0 Å². The van der Waals surface area contributed by atoms with Gasteiger partial charge in [-0.15, -0.1) is 11.3 Å². The summed E-state index contributed by atoms with van der Waals surface area (Å²) in [5.41, 5.74) is 2.94. The lowest BCUT2D eigenvalue weighted by Gasteiger charge is -2.13. The highest BCUT2D eigenvalue weighted by atomic mass is 32.1. The van der Waals surface area contributed by atoms with Crippen LogP contribution >= 0.6 is 22.7 Å². The van der Waals surface area contributed by atoms with Crippen LogP contribution < -0.4 is 5.32 Å². The highest BCUT2D eigenvalue weighted by Crippen LogP contribution is 2.26. The molecule has 0 saturated carbocycles. The van der Waals surface area contributed by atoms with Gasteiger partial charge in [0.1, 0.15) is 0 Å². The molecule has 2 nitrogen and oxygen atoms in total. The van der Waals surface area contributed by atoms with E-state index in [1.807, 2.05) is 17.5 Å². The van der Waals surface area contributed by atoms with Gasteiger partial charge in [-0.1, -0.05) is 20.8 Å². The molecule has 0 saturated heterocycles. The van der Waals surface area contributed by atoms with E-state index >= 15 is 0 Å². The largest absolute Gasteiger partial charge is 0.308 e. The summed E-state index contributed by atoms with van der Waals surface area (Å²) >= 11 is 3.58. The molecule has 98 valence electrons. The van der Waals surface area contributed by atoms with Crippen molar-refractivity contribution in [2.24, 2.45) is 0 Å². The Hall–Kier alpha value is -0.710. The summed E-state index contributed by atoms with van der Waals surface area (Å²) in [5, 5.41) is 9.11.